The fraction of sp³-hybridized carbons (Fsp3) is 0.619. The Kier molecular flexibility index (Phi) is 12.4. The summed E-state index contributed by atoms with van der Waals surface area (Å²) in [5.74, 6) is 0. The van der Waals surface area contributed by atoms with E-state index in [1.807, 2.05) is 38.3 Å². The number of nitrogens with one attached hydrogen (secondary N) is 1. The molecule has 3 aliphatic rings. The number of dihydropyridines is 1. The molecule has 3 N–H and O–H groups in total. The number of rotatable bonds is 5. The molecule has 2 aliphatic heterocycles. The second kappa shape index (κ2) is 13.3. The van der Waals surface area contributed by atoms with E-state index in [2.05, 4.69) is 35.4 Å². The molecule has 0 amide bonds. The first-order valence-electron chi connectivity index (χ1n) is 10.1. The molecule has 1 aliphatic carbocycles. The van der Waals surface area contributed by atoms with E-state index in [4.69, 9.17) is 11.2 Å². The molecule has 1 saturated heterocycles. The molecule has 1 fully saturated rings. The first-order chi connectivity index (χ1) is 13.0. The van der Waals surface area contributed by atoms with Crippen molar-refractivity contribution < 1.29 is 55.8 Å². The number of halogens is 1. The quantitative estimate of drug-likeness (QED) is 0.646. The van der Waals surface area contributed by atoms with E-state index >= 15 is 0 Å². The number of alkyl halides is 1. The van der Waals surface area contributed by atoms with E-state index < -0.39 is 6.17 Å². The molecular weight excluding hydrogens is 380 g/mol. The first kappa shape index (κ1) is 26.0. The van der Waals surface area contributed by atoms with Gasteiger partial charge in [0.15, 0.2) is 0 Å². The van der Waals surface area contributed by atoms with Crippen LogP contribution in [0.2, 0.25) is 0 Å². The molecule has 2 atom stereocenters. The maximum atomic E-state index is 14.1. The maximum absolute atomic E-state index is 14.1. The minimum Gasteiger partial charge on any atom is -0.571 e. The van der Waals surface area contributed by atoms with E-state index in [1.54, 1.807) is 0 Å². The SMILES string of the molecule is CC.CN(C)C1CCN([N-]C2C=C(CC3=CC=C(N)CC3F)C=CN2)CC1.[K+]. The summed E-state index contributed by atoms with van der Waals surface area (Å²) >= 11 is 0. The van der Waals surface area contributed by atoms with Crippen LogP contribution in [-0.2, 0) is 0 Å². The van der Waals surface area contributed by atoms with Crippen molar-refractivity contribution in [2.24, 2.45) is 5.73 Å². The van der Waals surface area contributed by atoms with Crippen LogP contribution in [0.3, 0.4) is 0 Å². The summed E-state index contributed by atoms with van der Waals surface area (Å²) in [6, 6.07) is 0.650. The van der Waals surface area contributed by atoms with Crippen molar-refractivity contribution in [1.29, 1.82) is 0 Å². The van der Waals surface area contributed by atoms with E-state index in [0.717, 1.165) is 37.1 Å². The van der Waals surface area contributed by atoms with Crippen LogP contribution in [0.5, 0.6) is 0 Å². The van der Waals surface area contributed by atoms with Gasteiger partial charge < -0.3 is 26.4 Å². The Morgan fingerprint density at radius 2 is 1.93 bits per heavy atom. The van der Waals surface area contributed by atoms with Gasteiger partial charge in [-0.05, 0) is 82.1 Å². The van der Waals surface area contributed by atoms with Gasteiger partial charge in [0, 0.05) is 18.2 Å². The average Bonchev–Trinajstić information content (AvgIpc) is 2.66. The Balaban J connectivity index is 0.00000127. The van der Waals surface area contributed by atoms with Crippen LogP contribution in [0, 0.1) is 0 Å². The molecule has 5 nitrogen and oxygen atoms in total. The van der Waals surface area contributed by atoms with Crippen molar-refractivity contribution in [3.63, 3.8) is 0 Å². The molecule has 7 heteroatoms. The van der Waals surface area contributed by atoms with E-state index in [1.165, 1.54) is 0 Å². The molecule has 0 saturated carbocycles. The van der Waals surface area contributed by atoms with Crippen LogP contribution in [0.4, 0.5) is 4.39 Å². The van der Waals surface area contributed by atoms with E-state index in [0.29, 0.717) is 24.6 Å². The summed E-state index contributed by atoms with van der Waals surface area (Å²) in [5, 5.41) is 5.42. The van der Waals surface area contributed by atoms with E-state index in [-0.39, 0.29) is 57.6 Å². The standard InChI is InChI=1S/C19H29FN5.C2H6.K/c1-24(2)17-6-9-25(10-7-17)23-19-12-14(5-8-22-19)11-15-3-4-16(21)13-18(15)20;1-2;/h3-5,8,12,17-19,22H,6-7,9-11,13,21H2,1-2H3;1-2H3;/q-1;;+1. The summed E-state index contributed by atoms with van der Waals surface area (Å²) in [5.41, 5.74) is 13.0. The van der Waals surface area contributed by atoms with Crippen molar-refractivity contribution in [3.8, 4) is 0 Å². The van der Waals surface area contributed by atoms with Crippen molar-refractivity contribution in [2.45, 2.75) is 57.9 Å². The third kappa shape index (κ3) is 8.03. The molecule has 0 aromatic heterocycles. The third-order valence-corrected chi connectivity index (χ3v) is 5.13. The van der Waals surface area contributed by atoms with Crippen LogP contribution in [0.25, 0.3) is 5.43 Å². The van der Waals surface area contributed by atoms with Gasteiger partial charge in [-0.15, -0.1) is 0 Å². The van der Waals surface area contributed by atoms with Crippen LogP contribution in [0.1, 0.15) is 39.5 Å². The van der Waals surface area contributed by atoms with Crippen LogP contribution in [-0.4, -0.2) is 55.5 Å². The minimum absolute atomic E-state index is 0. The summed E-state index contributed by atoms with van der Waals surface area (Å²) in [4.78, 5) is 2.30. The summed E-state index contributed by atoms with van der Waals surface area (Å²) < 4.78 is 14.1. The van der Waals surface area contributed by atoms with Gasteiger partial charge in [-0.2, -0.15) is 0 Å². The average molecular weight is 416 g/mol. The largest absolute Gasteiger partial charge is 1.00 e. The molecule has 0 radical (unpaired) electrons. The molecule has 2 heterocycles. The zero-order valence-electron chi connectivity index (χ0n) is 18.2. The van der Waals surface area contributed by atoms with Gasteiger partial charge >= 0.3 is 51.4 Å². The first-order valence-corrected chi connectivity index (χ1v) is 10.1. The van der Waals surface area contributed by atoms with Gasteiger partial charge in [0.05, 0.1) is 0 Å². The number of hydrogen-bond donors (Lipinski definition) is 2. The molecule has 0 aromatic rings. The Morgan fingerprint density at radius 1 is 1.25 bits per heavy atom. The third-order valence-electron chi connectivity index (χ3n) is 5.13. The Labute approximate surface area is 212 Å². The number of hydrogen-bond acceptors (Lipinski definition) is 4. The van der Waals surface area contributed by atoms with Crippen molar-refractivity contribution in [3.05, 3.63) is 52.8 Å². The fourth-order valence-electron chi connectivity index (χ4n) is 3.53. The Bertz CT molecular complexity index is 592. The van der Waals surface area contributed by atoms with Gasteiger partial charge in [0.2, 0.25) is 0 Å². The van der Waals surface area contributed by atoms with Crippen LogP contribution >= 0.6 is 0 Å². The van der Waals surface area contributed by atoms with Gasteiger partial charge in [0.1, 0.15) is 6.17 Å². The van der Waals surface area contributed by atoms with Gasteiger partial charge in [-0.3, -0.25) is 0 Å². The predicted molar refractivity (Wildman–Crippen MR) is 112 cm³/mol. The molecule has 0 bridgehead atoms. The van der Waals surface area contributed by atoms with Crippen molar-refractivity contribution >= 4 is 0 Å². The zero-order valence-corrected chi connectivity index (χ0v) is 21.3. The predicted octanol–water partition coefficient (Wildman–Crippen LogP) is 0.602. The summed E-state index contributed by atoms with van der Waals surface area (Å²) in [6.45, 7) is 5.96. The smallest absolute Gasteiger partial charge is 0.571 e. The molecule has 152 valence electrons. The summed E-state index contributed by atoms with van der Waals surface area (Å²) in [6.07, 6.45) is 11.8. The Morgan fingerprint density at radius 3 is 2.54 bits per heavy atom. The Hall–Kier alpha value is 0.00636. The summed E-state index contributed by atoms with van der Waals surface area (Å²) in [7, 11) is 4.28. The minimum atomic E-state index is -0.977. The van der Waals surface area contributed by atoms with Gasteiger partial charge in [0.25, 0.3) is 0 Å². The molecular formula is C21H35FKN5. The molecule has 28 heavy (non-hydrogen) atoms. The van der Waals surface area contributed by atoms with Crippen molar-refractivity contribution in [1.82, 2.24) is 15.2 Å². The van der Waals surface area contributed by atoms with Crippen LogP contribution in [0.15, 0.2) is 47.3 Å². The normalized spacial score (nSPS) is 25.6. The zero-order chi connectivity index (χ0) is 19.8. The molecule has 0 spiro atoms. The molecule has 3 rings (SSSR count). The van der Waals surface area contributed by atoms with Crippen LogP contribution < -0.4 is 62.4 Å². The fourth-order valence-corrected chi connectivity index (χ4v) is 3.53. The maximum Gasteiger partial charge on any atom is 1.00 e. The number of nitrogens with zero attached hydrogens (tertiary/aromatic N) is 3. The number of piperidine rings is 1. The van der Waals surface area contributed by atoms with E-state index in [9.17, 15) is 4.39 Å². The second-order valence-electron chi connectivity index (χ2n) is 7.28. The molecule has 0 aromatic carbocycles. The van der Waals surface area contributed by atoms with Gasteiger partial charge in [-0.25, -0.2) is 4.39 Å². The second-order valence-corrected chi connectivity index (χ2v) is 7.28. The number of nitrogens with two attached hydrogens (primary N) is 1. The van der Waals surface area contributed by atoms with Gasteiger partial charge in [-0.1, -0.05) is 26.0 Å². The monoisotopic (exact) mass is 415 g/mol. The van der Waals surface area contributed by atoms with Crippen molar-refractivity contribution in [2.75, 3.05) is 27.2 Å². The molecule has 2 unspecified atom stereocenters. The topological polar surface area (TPSA) is 58.6 Å². The number of allylic oxidation sites excluding steroid dienone is 6.